The molecule has 1 N–H and O–H groups in total. The molecule has 176 valence electrons. The molecule has 4 rings (SSSR count). The number of carbonyl (C=O) groups excluding carboxylic acids is 2. The monoisotopic (exact) mass is 475 g/mol. The summed E-state index contributed by atoms with van der Waals surface area (Å²) in [5.74, 6) is -2.07. The fraction of sp³-hybridized carbons (Fsp3) is 0.391. The van der Waals surface area contributed by atoms with Crippen LogP contribution in [0.2, 0.25) is 0 Å². The molecule has 0 spiro atoms. The van der Waals surface area contributed by atoms with Crippen molar-refractivity contribution in [3.63, 3.8) is 0 Å². The zero-order chi connectivity index (χ0) is 23.6. The Morgan fingerprint density at radius 1 is 1.15 bits per heavy atom. The van der Waals surface area contributed by atoms with Crippen LogP contribution in [0.1, 0.15) is 18.9 Å². The van der Waals surface area contributed by atoms with Crippen molar-refractivity contribution in [3.8, 4) is 0 Å². The molecule has 1 atom stereocenters. The minimum atomic E-state index is -4.06. The zero-order valence-electron chi connectivity index (χ0n) is 18.3. The maximum atomic E-state index is 14.4. The van der Waals surface area contributed by atoms with E-state index in [0.29, 0.717) is 0 Å². The smallest absolute Gasteiger partial charge is 0.246 e. The maximum absolute atomic E-state index is 14.4. The summed E-state index contributed by atoms with van der Waals surface area (Å²) in [6.07, 6.45) is 0.932. The van der Waals surface area contributed by atoms with E-state index < -0.39 is 32.6 Å². The van der Waals surface area contributed by atoms with E-state index in [2.05, 4.69) is 5.32 Å². The van der Waals surface area contributed by atoms with Crippen LogP contribution in [0.15, 0.2) is 47.4 Å². The van der Waals surface area contributed by atoms with E-state index in [9.17, 15) is 22.4 Å². The Morgan fingerprint density at radius 3 is 2.52 bits per heavy atom. The lowest BCUT2D eigenvalue weighted by Gasteiger charge is -2.26. The third-order valence-electron chi connectivity index (χ3n) is 5.94. The topological polar surface area (TPSA) is 96.0 Å². The summed E-state index contributed by atoms with van der Waals surface area (Å²) in [6, 6.07) is 11.1. The number of sulfonamides is 1. The van der Waals surface area contributed by atoms with Gasteiger partial charge in [-0.15, -0.1) is 0 Å². The second kappa shape index (κ2) is 9.58. The van der Waals surface area contributed by atoms with Gasteiger partial charge in [0.1, 0.15) is 10.7 Å². The van der Waals surface area contributed by atoms with Crippen molar-refractivity contribution >= 4 is 33.2 Å². The van der Waals surface area contributed by atoms with Gasteiger partial charge >= 0.3 is 0 Å². The molecule has 10 heteroatoms. The number of morpholine rings is 1. The number of hydrogen-bond donors (Lipinski definition) is 1. The van der Waals surface area contributed by atoms with Gasteiger partial charge in [-0.05, 0) is 42.3 Å². The van der Waals surface area contributed by atoms with Crippen molar-refractivity contribution in [3.05, 3.63) is 53.8 Å². The molecule has 2 aliphatic rings. The highest BCUT2D eigenvalue weighted by molar-refractivity contribution is 7.89. The minimum Gasteiger partial charge on any atom is -0.379 e. The number of hydrogen-bond acceptors (Lipinski definition) is 5. The van der Waals surface area contributed by atoms with E-state index in [4.69, 9.17) is 4.74 Å². The highest BCUT2D eigenvalue weighted by Gasteiger charge is 2.35. The van der Waals surface area contributed by atoms with Crippen molar-refractivity contribution in [2.45, 2.75) is 24.7 Å². The first-order valence-electron chi connectivity index (χ1n) is 10.9. The number of aryl methyl sites for hydroxylation is 1. The number of nitrogens with one attached hydrogen (secondary N) is 1. The molecule has 2 heterocycles. The normalized spacial score (nSPS) is 19.6. The van der Waals surface area contributed by atoms with Crippen LogP contribution >= 0.6 is 0 Å². The molecule has 1 unspecified atom stereocenters. The van der Waals surface area contributed by atoms with Crippen molar-refractivity contribution in [1.29, 1.82) is 0 Å². The molecule has 0 saturated carbocycles. The van der Waals surface area contributed by atoms with Gasteiger partial charge in [-0.1, -0.05) is 19.1 Å². The quantitative estimate of drug-likeness (QED) is 0.692. The number of rotatable bonds is 6. The van der Waals surface area contributed by atoms with E-state index in [1.807, 2.05) is 31.2 Å². The third kappa shape index (κ3) is 4.92. The molecule has 2 amide bonds. The molecule has 8 nitrogen and oxygen atoms in total. The van der Waals surface area contributed by atoms with Gasteiger partial charge in [-0.2, -0.15) is 4.31 Å². The second-order valence-corrected chi connectivity index (χ2v) is 9.98. The van der Waals surface area contributed by atoms with Crippen LogP contribution < -0.4 is 10.2 Å². The van der Waals surface area contributed by atoms with Crippen LogP contribution in [0.3, 0.4) is 0 Å². The van der Waals surface area contributed by atoms with Crippen LogP contribution in [0.5, 0.6) is 0 Å². The Balaban J connectivity index is 1.47. The maximum Gasteiger partial charge on any atom is 0.246 e. The molecular weight excluding hydrogens is 449 g/mol. The van der Waals surface area contributed by atoms with Gasteiger partial charge in [0.15, 0.2) is 0 Å². The van der Waals surface area contributed by atoms with Gasteiger partial charge in [0, 0.05) is 37.4 Å². The van der Waals surface area contributed by atoms with Gasteiger partial charge in [-0.3, -0.25) is 9.59 Å². The third-order valence-corrected chi connectivity index (χ3v) is 7.85. The van der Waals surface area contributed by atoms with Crippen LogP contribution in [0.25, 0.3) is 0 Å². The van der Waals surface area contributed by atoms with Crippen LogP contribution in [0.4, 0.5) is 15.8 Å². The number of amides is 2. The number of nitrogens with zero attached hydrogens (tertiary/aromatic N) is 2. The Kier molecular flexibility index (Phi) is 6.78. The van der Waals surface area contributed by atoms with Gasteiger partial charge in [0.2, 0.25) is 21.8 Å². The van der Waals surface area contributed by atoms with Crippen molar-refractivity contribution in [2.75, 3.05) is 43.1 Å². The molecule has 2 aromatic carbocycles. The Hall–Kier alpha value is -2.82. The molecule has 2 aromatic rings. The first kappa shape index (κ1) is 23.3. The molecule has 2 fully saturated rings. The van der Waals surface area contributed by atoms with Crippen molar-refractivity contribution < 1.29 is 27.1 Å². The highest BCUT2D eigenvalue weighted by atomic mass is 32.2. The second-order valence-electron chi connectivity index (χ2n) is 8.08. The number of carbonyl (C=O) groups is 2. The Morgan fingerprint density at radius 2 is 1.85 bits per heavy atom. The van der Waals surface area contributed by atoms with E-state index in [1.165, 1.54) is 6.07 Å². The molecule has 0 radical (unpaired) electrons. The van der Waals surface area contributed by atoms with Gasteiger partial charge < -0.3 is 15.0 Å². The lowest BCUT2D eigenvalue weighted by atomic mass is 10.1. The predicted octanol–water partition coefficient (Wildman–Crippen LogP) is 2.40. The van der Waals surface area contributed by atoms with Gasteiger partial charge in [0.05, 0.1) is 19.1 Å². The van der Waals surface area contributed by atoms with Crippen molar-refractivity contribution in [2.24, 2.45) is 5.92 Å². The summed E-state index contributed by atoms with van der Waals surface area (Å²) in [5.41, 5.74) is 2.04. The van der Waals surface area contributed by atoms with E-state index in [-0.39, 0.29) is 50.9 Å². The SMILES string of the molecule is CCc1ccc(N2CC(C(=O)Nc3ccc(F)c(S(=O)(=O)N4CCOCC4)c3)CC2=O)cc1. The van der Waals surface area contributed by atoms with E-state index in [0.717, 1.165) is 34.1 Å². The predicted molar refractivity (Wildman–Crippen MR) is 121 cm³/mol. The van der Waals surface area contributed by atoms with Crippen LogP contribution in [0, 0.1) is 11.7 Å². The molecule has 0 bridgehead atoms. The average Bonchev–Trinajstić information content (AvgIpc) is 3.22. The fourth-order valence-electron chi connectivity index (χ4n) is 3.99. The number of ether oxygens (including phenoxy) is 1. The molecular formula is C23H26FN3O5S. The van der Waals surface area contributed by atoms with Crippen LogP contribution in [-0.2, 0) is 30.8 Å². The van der Waals surface area contributed by atoms with E-state index in [1.54, 1.807) is 4.90 Å². The van der Waals surface area contributed by atoms with Crippen molar-refractivity contribution in [1.82, 2.24) is 4.31 Å². The fourth-order valence-corrected chi connectivity index (χ4v) is 5.49. The summed E-state index contributed by atoms with van der Waals surface area (Å²) in [7, 11) is -4.06. The Bertz CT molecular complexity index is 1150. The molecule has 33 heavy (non-hydrogen) atoms. The minimum absolute atomic E-state index is 0.0431. The molecule has 2 aliphatic heterocycles. The summed E-state index contributed by atoms with van der Waals surface area (Å²) in [5, 5.41) is 2.65. The van der Waals surface area contributed by atoms with Gasteiger partial charge in [0.25, 0.3) is 0 Å². The summed E-state index contributed by atoms with van der Waals surface area (Å²) in [4.78, 5) is 26.4. The standard InChI is InChI=1S/C23H26FN3O5S/c1-2-16-3-6-19(7-4-16)27-15-17(13-22(27)28)23(29)25-18-5-8-20(24)21(14-18)33(30,31)26-9-11-32-12-10-26/h3-8,14,17H,2,9-13,15H2,1H3,(H,25,29). The molecule has 0 aromatic heterocycles. The van der Waals surface area contributed by atoms with Crippen LogP contribution in [-0.4, -0.2) is 57.4 Å². The number of benzene rings is 2. The summed E-state index contributed by atoms with van der Waals surface area (Å²) >= 11 is 0. The largest absolute Gasteiger partial charge is 0.379 e. The van der Waals surface area contributed by atoms with Gasteiger partial charge in [-0.25, -0.2) is 12.8 Å². The lowest BCUT2D eigenvalue weighted by Crippen LogP contribution is -2.40. The van der Waals surface area contributed by atoms with E-state index >= 15 is 0 Å². The summed E-state index contributed by atoms with van der Waals surface area (Å²) in [6.45, 7) is 3.02. The Labute approximate surface area is 192 Å². The zero-order valence-corrected chi connectivity index (χ0v) is 19.1. The average molecular weight is 476 g/mol. The first-order chi connectivity index (χ1) is 15.8. The lowest BCUT2D eigenvalue weighted by molar-refractivity contribution is -0.122. The number of anilines is 2. The molecule has 0 aliphatic carbocycles. The highest BCUT2D eigenvalue weighted by Crippen LogP contribution is 2.28. The first-order valence-corrected chi connectivity index (χ1v) is 12.3. The summed E-state index contributed by atoms with van der Waals surface area (Å²) < 4.78 is 46.4. The molecule has 2 saturated heterocycles. The number of halogens is 1.